The molecule has 0 aliphatic rings. The first-order valence-electron chi connectivity index (χ1n) is 4.32. The summed E-state index contributed by atoms with van der Waals surface area (Å²) in [6.45, 7) is 0. The van der Waals surface area contributed by atoms with E-state index in [4.69, 9.17) is 21.9 Å². The predicted octanol–water partition coefficient (Wildman–Crippen LogP) is 1.10. The predicted molar refractivity (Wildman–Crippen MR) is 59.5 cm³/mol. The van der Waals surface area contributed by atoms with Crippen LogP contribution in [-0.2, 0) is 16.5 Å². The quantitative estimate of drug-likeness (QED) is 0.783. The smallest absolute Gasteiger partial charge is 0.266 e. The minimum Gasteiger partial charge on any atom is -0.326 e. The Kier molecular flexibility index (Phi) is 4.10. The Balaban J connectivity index is 2.59. The van der Waals surface area contributed by atoms with E-state index < -0.39 is 21.9 Å². The summed E-state index contributed by atoms with van der Waals surface area (Å²) < 4.78 is 29.7. The molecule has 3 N–H and O–H groups in total. The zero-order valence-corrected chi connectivity index (χ0v) is 9.50. The second-order valence-electron chi connectivity index (χ2n) is 3.34. The lowest BCUT2D eigenvalue weighted by molar-refractivity contribution is 0.476. The van der Waals surface area contributed by atoms with Gasteiger partial charge in [-0.1, -0.05) is 23.7 Å². The van der Waals surface area contributed by atoms with Crippen LogP contribution >= 0.6 is 11.6 Å². The summed E-state index contributed by atoms with van der Waals surface area (Å²) in [6.07, 6.45) is 0.386. The number of halogens is 1. The van der Waals surface area contributed by atoms with Crippen LogP contribution in [0.4, 0.5) is 0 Å². The van der Waals surface area contributed by atoms with E-state index in [-0.39, 0.29) is 0 Å². The molecule has 0 saturated heterocycles. The molecule has 15 heavy (non-hydrogen) atoms. The van der Waals surface area contributed by atoms with Gasteiger partial charge in [-0.3, -0.25) is 4.55 Å². The van der Waals surface area contributed by atoms with E-state index in [1.165, 1.54) is 0 Å². The molecule has 1 rings (SSSR count). The van der Waals surface area contributed by atoms with Gasteiger partial charge in [-0.05, 0) is 24.1 Å². The lowest BCUT2D eigenvalue weighted by Crippen LogP contribution is -2.31. The first kappa shape index (κ1) is 12.4. The van der Waals surface area contributed by atoms with Crippen LogP contribution in [0, 0.1) is 0 Å². The third-order valence-corrected chi connectivity index (χ3v) is 2.94. The summed E-state index contributed by atoms with van der Waals surface area (Å²) in [5, 5.41) is 0.613. The van der Waals surface area contributed by atoms with Crippen molar-refractivity contribution in [2.24, 2.45) is 5.73 Å². The fraction of sp³-hybridized carbons (Fsp3) is 0.333. The Labute approximate surface area is 93.8 Å². The molecular weight excluding hydrogens is 238 g/mol. The molecule has 0 fully saturated rings. The molecule has 0 heterocycles. The third kappa shape index (κ3) is 5.13. The summed E-state index contributed by atoms with van der Waals surface area (Å²) in [5.74, 6) is -0.435. The van der Waals surface area contributed by atoms with Crippen LogP contribution in [0.15, 0.2) is 24.3 Å². The van der Waals surface area contributed by atoms with Crippen molar-refractivity contribution in [1.82, 2.24) is 0 Å². The van der Waals surface area contributed by atoms with Crippen LogP contribution < -0.4 is 5.73 Å². The molecule has 0 unspecified atom stereocenters. The fourth-order valence-electron chi connectivity index (χ4n) is 1.25. The Bertz CT molecular complexity index is 415. The molecule has 0 radical (unpaired) electrons. The van der Waals surface area contributed by atoms with Gasteiger partial charge in [-0.2, -0.15) is 8.42 Å². The minimum absolute atomic E-state index is 0.386. The highest BCUT2D eigenvalue weighted by atomic mass is 35.5. The summed E-state index contributed by atoms with van der Waals surface area (Å²) >= 11 is 5.69. The van der Waals surface area contributed by atoms with Crippen LogP contribution in [0.1, 0.15) is 5.56 Å². The van der Waals surface area contributed by atoms with Gasteiger partial charge in [0.1, 0.15) is 0 Å². The maximum atomic E-state index is 10.5. The van der Waals surface area contributed by atoms with Crippen molar-refractivity contribution in [3.63, 3.8) is 0 Å². The highest BCUT2D eigenvalue weighted by molar-refractivity contribution is 7.85. The third-order valence-electron chi connectivity index (χ3n) is 1.84. The lowest BCUT2D eigenvalue weighted by Gasteiger charge is -2.09. The zero-order chi connectivity index (χ0) is 11.5. The van der Waals surface area contributed by atoms with Gasteiger partial charge in [-0.25, -0.2) is 0 Å². The first-order valence-corrected chi connectivity index (χ1v) is 6.31. The van der Waals surface area contributed by atoms with Crippen molar-refractivity contribution in [1.29, 1.82) is 0 Å². The number of nitrogens with two attached hydrogens (primary N) is 1. The van der Waals surface area contributed by atoms with Crippen LogP contribution in [0.5, 0.6) is 0 Å². The van der Waals surface area contributed by atoms with Crippen molar-refractivity contribution in [2.45, 2.75) is 12.5 Å². The summed E-state index contributed by atoms with van der Waals surface area (Å²) in [7, 11) is -4.00. The van der Waals surface area contributed by atoms with E-state index >= 15 is 0 Å². The van der Waals surface area contributed by atoms with Gasteiger partial charge in [0.25, 0.3) is 10.1 Å². The van der Waals surface area contributed by atoms with Crippen molar-refractivity contribution >= 4 is 21.7 Å². The molecule has 1 aromatic rings. The number of hydrogen-bond acceptors (Lipinski definition) is 3. The van der Waals surface area contributed by atoms with E-state index in [2.05, 4.69) is 0 Å². The molecule has 0 saturated carbocycles. The molecule has 0 bridgehead atoms. The minimum atomic E-state index is -4.00. The van der Waals surface area contributed by atoms with Gasteiger partial charge in [0, 0.05) is 11.1 Å². The van der Waals surface area contributed by atoms with Crippen molar-refractivity contribution in [2.75, 3.05) is 5.75 Å². The largest absolute Gasteiger partial charge is 0.326 e. The summed E-state index contributed by atoms with van der Waals surface area (Å²) in [6, 6.07) is 6.34. The molecule has 0 amide bonds. The van der Waals surface area contributed by atoms with Crippen LogP contribution in [0.2, 0.25) is 5.02 Å². The highest BCUT2D eigenvalue weighted by Crippen LogP contribution is 2.10. The van der Waals surface area contributed by atoms with Gasteiger partial charge in [0.15, 0.2) is 0 Å². The van der Waals surface area contributed by atoms with E-state index in [0.717, 1.165) is 5.56 Å². The van der Waals surface area contributed by atoms with E-state index in [9.17, 15) is 8.42 Å². The topological polar surface area (TPSA) is 80.4 Å². The summed E-state index contributed by atoms with van der Waals surface area (Å²) in [5.41, 5.74) is 6.44. The molecule has 0 spiro atoms. The molecule has 4 nitrogen and oxygen atoms in total. The van der Waals surface area contributed by atoms with Crippen LogP contribution in [-0.4, -0.2) is 24.8 Å². The maximum absolute atomic E-state index is 10.5. The molecule has 0 aliphatic heterocycles. The molecule has 1 atom stereocenters. The second kappa shape index (κ2) is 4.94. The molecule has 0 aromatic heterocycles. The molecule has 6 heteroatoms. The molecular formula is C9H12ClNO3S. The van der Waals surface area contributed by atoms with Gasteiger partial charge in [0.2, 0.25) is 0 Å². The number of benzene rings is 1. The molecule has 0 aliphatic carbocycles. The van der Waals surface area contributed by atoms with Gasteiger partial charge >= 0.3 is 0 Å². The SMILES string of the molecule is N[C@H](Cc1ccc(Cl)cc1)CS(=O)(=O)O. The number of rotatable bonds is 4. The molecule has 84 valence electrons. The zero-order valence-electron chi connectivity index (χ0n) is 7.93. The Morgan fingerprint density at radius 3 is 2.33 bits per heavy atom. The van der Waals surface area contributed by atoms with Gasteiger partial charge < -0.3 is 5.73 Å². The second-order valence-corrected chi connectivity index (χ2v) is 5.27. The maximum Gasteiger partial charge on any atom is 0.266 e. The van der Waals surface area contributed by atoms with Crippen LogP contribution in [0.25, 0.3) is 0 Å². The van der Waals surface area contributed by atoms with Crippen molar-refractivity contribution in [3.8, 4) is 0 Å². The average Bonchev–Trinajstić information content (AvgIpc) is 2.05. The Hall–Kier alpha value is -0.620. The Morgan fingerprint density at radius 1 is 1.33 bits per heavy atom. The summed E-state index contributed by atoms with van der Waals surface area (Å²) in [4.78, 5) is 0. The van der Waals surface area contributed by atoms with Crippen LogP contribution in [0.3, 0.4) is 0 Å². The van der Waals surface area contributed by atoms with Crippen molar-refractivity contribution in [3.05, 3.63) is 34.9 Å². The van der Waals surface area contributed by atoms with Crippen molar-refractivity contribution < 1.29 is 13.0 Å². The fourth-order valence-corrected chi connectivity index (χ4v) is 2.04. The monoisotopic (exact) mass is 249 g/mol. The van der Waals surface area contributed by atoms with E-state index in [0.29, 0.717) is 11.4 Å². The van der Waals surface area contributed by atoms with E-state index in [1.54, 1.807) is 24.3 Å². The van der Waals surface area contributed by atoms with Gasteiger partial charge in [0.05, 0.1) is 5.75 Å². The average molecular weight is 250 g/mol. The number of hydrogen-bond donors (Lipinski definition) is 2. The molecule has 1 aromatic carbocycles. The normalized spacial score (nSPS) is 13.8. The Morgan fingerprint density at radius 2 is 1.87 bits per heavy atom. The first-order chi connectivity index (χ1) is 6.87. The highest BCUT2D eigenvalue weighted by Gasteiger charge is 2.12. The lowest BCUT2D eigenvalue weighted by atomic mass is 10.1. The standard InChI is InChI=1S/C9H12ClNO3S/c10-8-3-1-7(2-4-8)5-9(11)6-15(12,13)14/h1-4,9H,5-6,11H2,(H,12,13,14)/t9-/m1/s1. The van der Waals surface area contributed by atoms with Gasteiger partial charge in [-0.15, -0.1) is 0 Å². The van der Waals surface area contributed by atoms with E-state index in [1.807, 2.05) is 0 Å².